The number of ether oxygens (including phenoxy) is 1. The van der Waals surface area contributed by atoms with Crippen molar-refractivity contribution in [2.75, 3.05) is 35.2 Å². The summed E-state index contributed by atoms with van der Waals surface area (Å²) in [4.78, 5) is 27.2. The Kier molecular flexibility index (Phi) is 10.2. The van der Waals surface area contributed by atoms with Gasteiger partial charge in [-0.3, -0.25) is 9.59 Å². The van der Waals surface area contributed by atoms with Gasteiger partial charge < -0.3 is 20.3 Å². The molecule has 3 aromatic rings. The second-order valence-electron chi connectivity index (χ2n) is 8.30. The topological polar surface area (TPSA) is 70.7 Å². The summed E-state index contributed by atoms with van der Waals surface area (Å²) in [6, 6.07) is 24.2. The van der Waals surface area contributed by atoms with Crippen LogP contribution in [0.3, 0.4) is 0 Å². The van der Waals surface area contributed by atoms with Crippen LogP contribution in [-0.4, -0.2) is 31.5 Å². The number of amides is 2. The van der Waals surface area contributed by atoms with Crippen LogP contribution in [0.15, 0.2) is 78.9 Å². The molecule has 0 saturated heterocycles. The zero-order valence-electron chi connectivity index (χ0n) is 20.6. The first-order chi connectivity index (χ1) is 17.1. The molecule has 0 bridgehead atoms. The fourth-order valence-corrected chi connectivity index (χ4v) is 3.71. The van der Waals surface area contributed by atoms with Crippen LogP contribution in [0.5, 0.6) is 5.75 Å². The molecule has 0 aliphatic rings. The molecule has 2 N–H and O–H groups in total. The van der Waals surface area contributed by atoms with Crippen molar-refractivity contribution in [3.05, 3.63) is 84.4 Å². The van der Waals surface area contributed by atoms with E-state index in [4.69, 9.17) is 4.74 Å². The van der Waals surface area contributed by atoms with Crippen molar-refractivity contribution < 1.29 is 14.3 Å². The molecule has 6 heteroatoms. The quantitative estimate of drug-likeness (QED) is 0.283. The van der Waals surface area contributed by atoms with E-state index in [0.29, 0.717) is 17.8 Å². The Balaban J connectivity index is 1.50. The number of rotatable bonds is 13. The second-order valence-corrected chi connectivity index (χ2v) is 8.30. The molecule has 6 nitrogen and oxygen atoms in total. The predicted octanol–water partition coefficient (Wildman–Crippen LogP) is 6.36. The summed E-state index contributed by atoms with van der Waals surface area (Å²) in [7, 11) is 0. The van der Waals surface area contributed by atoms with Crippen LogP contribution in [0.4, 0.5) is 17.1 Å². The molecule has 0 unspecified atom stereocenters. The first-order valence-corrected chi connectivity index (χ1v) is 12.3. The highest BCUT2D eigenvalue weighted by molar-refractivity contribution is 6.07. The largest absolute Gasteiger partial charge is 0.494 e. The van der Waals surface area contributed by atoms with Crippen molar-refractivity contribution in [3.8, 4) is 5.75 Å². The molecule has 0 atom stereocenters. The number of para-hydroxylation sites is 1. The maximum atomic E-state index is 13.1. The van der Waals surface area contributed by atoms with Crippen molar-refractivity contribution in [1.82, 2.24) is 0 Å². The number of unbranched alkanes of at least 4 members (excludes halogenated alkanes) is 3. The molecular formula is C29H35N3O3. The van der Waals surface area contributed by atoms with E-state index in [1.165, 1.54) is 19.3 Å². The number of carbonyl (C=O) groups is 2. The number of hydrogen-bond donors (Lipinski definition) is 2. The Morgan fingerprint density at radius 2 is 1.60 bits per heavy atom. The van der Waals surface area contributed by atoms with Gasteiger partial charge in [-0.05, 0) is 67.9 Å². The minimum Gasteiger partial charge on any atom is -0.494 e. The number of benzene rings is 3. The highest BCUT2D eigenvalue weighted by Gasteiger charge is 2.16. The van der Waals surface area contributed by atoms with Gasteiger partial charge in [0.15, 0.2) is 0 Å². The molecule has 35 heavy (non-hydrogen) atoms. The van der Waals surface area contributed by atoms with Crippen molar-refractivity contribution in [2.24, 2.45) is 0 Å². The molecule has 0 aliphatic heterocycles. The fourth-order valence-electron chi connectivity index (χ4n) is 3.71. The smallest absolute Gasteiger partial charge is 0.258 e. The van der Waals surface area contributed by atoms with E-state index >= 15 is 0 Å². The monoisotopic (exact) mass is 473 g/mol. The normalized spacial score (nSPS) is 10.5. The van der Waals surface area contributed by atoms with E-state index in [-0.39, 0.29) is 18.4 Å². The molecule has 0 fully saturated rings. The van der Waals surface area contributed by atoms with Gasteiger partial charge in [0.1, 0.15) is 5.75 Å². The Labute approximate surface area is 208 Å². The molecule has 3 aromatic carbocycles. The molecule has 3 rings (SSSR count). The summed E-state index contributed by atoms with van der Waals surface area (Å²) in [5.74, 6) is 0.525. The lowest BCUT2D eigenvalue weighted by molar-refractivity contribution is -0.114. The summed E-state index contributed by atoms with van der Waals surface area (Å²) < 4.78 is 5.76. The third-order valence-corrected chi connectivity index (χ3v) is 5.60. The molecule has 184 valence electrons. The number of nitrogens with zero attached hydrogens (tertiary/aromatic N) is 1. The first kappa shape index (κ1) is 25.8. The van der Waals surface area contributed by atoms with Gasteiger partial charge in [-0.25, -0.2) is 0 Å². The third-order valence-electron chi connectivity index (χ3n) is 5.60. The van der Waals surface area contributed by atoms with Crippen LogP contribution in [0.25, 0.3) is 0 Å². The van der Waals surface area contributed by atoms with Gasteiger partial charge in [-0.2, -0.15) is 0 Å². The molecule has 0 radical (unpaired) electrons. The van der Waals surface area contributed by atoms with Gasteiger partial charge in [0, 0.05) is 29.2 Å². The van der Waals surface area contributed by atoms with Crippen LogP contribution >= 0.6 is 0 Å². The third kappa shape index (κ3) is 8.18. The number of nitrogens with one attached hydrogen (secondary N) is 2. The van der Waals surface area contributed by atoms with E-state index in [1.54, 1.807) is 29.2 Å². The lowest BCUT2D eigenvalue weighted by Crippen LogP contribution is -2.30. The lowest BCUT2D eigenvalue weighted by atomic mass is 10.1. The highest BCUT2D eigenvalue weighted by atomic mass is 16.5. The average Bonchev–Trinajstić information content (AvgIpc) is 2.89. The van der Waals surface area contributed by atoms with Gasteiger partial charge in [-0.1, -0.05) is 50.5 Å². The van der Waals surface area contributed by atoms with E-state index in [9.17, 15) is 9.59 Å². The van der Waals surface area contributed by atoms with Crippen molar-refractivity contribution in [1.29, 1.82) is 0 Å². The molecule has 0 spiro atoms. The number of carbonyl (C=O) groups excluding carboxylic acids is 2. The van der Waals surface area contributed by atoms with Gasteiger partial charge in [-0.15, -0.1) is 0 Å². The van der Waals surface area contributed by atoms with Crippen LogP contribution in [0.2, 0.25) is 0 Å². The SMILES string of the molecule is CCCCCCOc1ccc(NCC(=O)Nc2cccc(C(=O)N(CC)c3ccccc3)c2)cc1. The van der Waals surface area contributed by atoms with Crippen LogP contribution in [-0.2, 0) is 4.79 Å². The second kappa shape index (κ2) is 13.8. The Morgan fingerprint density at radius 3 is 2.31 bits per heavy atom. The average molecular weight is 474 g/mol. The minimum absolute atomic E-state index is 0.111. The highest BCUT2D eigenvalue weighted by Crippen LogP contribution is 2.19. The maximum Gasteiger partial charge on any atom is 0.258 e. The zero-order valence-corrected chi connectivity index (χ0v) is 20.6. The first-order valence-electron chi connectivity index (χ1n) is 12.3. The van der Waals surface area contributed by atoms with Gasteiger partial charge in [0.05, 0.1) is 13.2 Å². The van der Waals surface area contributed by atoms with Crippen molar-refractivity contribution in [2.45, 2.75) is 39.5 Å². The maximum absolute atomic E-state index is 13.1. The summed E-state index contributed by atoms with van der Waals surface area (Å²) in [5, 5.41) is 5.98. The Hall–Kier alpha value is -3.80. The van der Waals surface area contributed by atoms with Crippen LogP contribution in [0.1, 0.15) is 49.9 Å². The summed E-state index contributed by atoms with van der Waals surface area (Å²) in [6.07, 6.45) is 4.69. The van der Waals surface area contributed by atoms with Crippen molar-refractivity contribution >= 4 is 28.9 Å². The fraction of sp³-hybridized carbons (Fsp3) is 0.310. The van der Waals surface area contributed by atoms with E-state index in [0.717, 1.165) is 30.2 Å². The van der Waals surface area contributed by atoms with Crippen LogP contribution < -0.4 is 20.3 Å². The van der Waals surface area contributed by atoms with Crippen LogP contribution in [0, 0.1) is 0 Å². The van der Waals surface area contributed by atoms with E-state index in [2.05, 4.69) is 17.6 Å². The molecule has 0 saturated carbocycles. The Bertz CT molecular complexity index is 1070. The molecular weight excluding hydrogens is 438 g/mol. The number of hydrogen-bond acceptors (Lipinski definition) is 4. The molecule has 0 heterocycles. The standard InChI is InChI=1S/C29H35N3O3/c1-3-5-6-10-20-35-27-18-16-24(17-19-27)30-22-28(33)31-25-13-11-12-23(21-25)29(34)32(4-2)26-14-8-7-9-15-26/h7-9,11-19,21,30H,3-6,10,20,22H2,1-2H3,(H,31,33). The van der Waals surface area contributed by atoms with E-state index in [1.807, 2.05) is 61.5 Å². The molecule has 2 amide bonds. The van der Waals surface area contributed by atoms with E-state index < -0.39 is 0 Å². The summed E-state index contributed by atoms with van der Waals surface area (Å²) >= 11 is 0. The number of anilines is 3. The van der Waals surface area contributed by atoms with Gasteiger partial charge >= 0.3 is 0 Å². The predicted molar refractivity (Wildman–Crippen MR) is 143 cm³/mol. The molecule has 0 aromatic heterocycles. The van der Waals surface area contributed by atoms with Gasteiger partial charge in [0.2, 0.25) is 5.91 Å². The summed E-state index contributed by atoms with van der Waals surface area (Å²) in [5.41, 5.74) is 2.78. The lowest BCUT2D eigenvalue weighted by Gasteiger charge is -2.21. The molecule has 0 aliphatic carbocycles. The Morgan fingerprint density at radius 1 is 0.829 bits per heavy atom. The van der Waals surface area contributed by atoms with Crippen molar-refractivity contribution in [3.63, 3.8) is 0 Å². The zero-order chi connectivity index (χ0) is 24.9. The van der Waals surface area contributed by atoms with Gasteiger partial charge in [0.25, 0.3) is 5.91 Å². The minimum atomic E-state index is -0.193. The summed E-state index contributed by atoms with van der Waals surface area (Å²) in [6.45, 7) is 5.51.